The Balaban J connectivity index is 2.22. The van der Waals surface area contributed by atoms with Gasteiger partial charge >= 0.3 is 7.12 Å². The molecule has 1 aromatic rings. The van der Waals surface area contributed by atoms with Crippen molar-refractivity contribution in [3.63, 3.8) is 0 Å². The minimum Gasteiger partial charge on any atom is -0.423 e. The van der Waals surface area contributed by atoms with Crippen LogP contribution in [0.15, 0.2) is 24.3 Å². The van der Waals surface area contributed by atoms with Crippen LogP contribution in [0.4, 0.5) is 5.69 Å². The third-order valence-electron chi connectivity index (χ3n) is 2.94. The summed E-state index contributed by atoms with van der Waals surface area (Å²) in [6, 6.07) is 6.75. The number of anilines is 1. The number of carbonyl (C=O) groups is 1. The van der Waals surface area contributed by atoms with Crippen molar-refractivity contribution >= 4 is 36.8 Å². The third-order valence-corrected chi connectivity index (χ3v) is 3.46. The average Bonchev–Trinajstić information content (AvgIpc) is 2.71. The summed E-state index contributed by atoms with van der Waals surface area (Å²) in [7, 11) is -1.51. The van der Waals surface area contributed by atoms with E-state index in [1.807, 2.05) is 0 Å². The zero-order chi connectivity index (χ0) is 12.4. The minimum absolute atomic E-state index is 0.0635. The van der Waals surface area contributed by atoms with Gasteiger partial charge in [-0.25, -0.2) is 0 Å². The molecule has 1 saturated heterocycles. The molecule has 1 unspecified atom stereocenters. The predicted octanol–water partition coefficient (Wildman–Crippen LogP) is -0.351. The van der Waals surface area contributed by atoms with Crippen molar-refractivity contribution in [2.24, 2.45) is 5.92 Å². The van der Waals surface area contributed by atoms with Crippen molar-refractivity contribution in [2.45, 2.75) is 6.42 Å². The third kappa shape index (κ3) is 2.65. The number of benzene rings is 1. The molecular weight excluding hydrogens is 237 g/mol. The maximum Gasteiger partial charge on any atom is 0.488 e. The van der Waals surface area contributed by atoms with Gasteiger partial charge in [0.25, 0.3) is 0 Å². The lowest BCUT2D eigenvalue weighted by Crippen LogP contribution is -2.32. The maximum absolute atomic E-state index is 11.8. The second-order valence-corrected chi connectivity index (χ2v) is 4.59. The normalized spacial score (nSPS) is 19.8. The molecule has 1 aromatic carbocycles. The van der Waals surface area contributed by atoms with E-state index in [9.17, 15) is 4.79 Å². The highest BCUT2D eigenvalue weighted by molar-refractivity contribution is 7.80. The molecule has 17 heavy (non-hydrogen) atoms. The second kappa shape index (κ2) is 5.12. The molecule has 1 fully saturated rings. The zero-order valence-electron chi connectivity index (χ0n) is 9.28. The van der Waals surface area contributed by atoms with Gasteiger partial charge in [0.1, 0.15) is 0 Å². The maximum atomic E-state index is 11.8. The van der Waals surface area contributed by atoms with Crippen LogP contribution in [0, 0.1) is 5.92 Å². The molecule has 1 aliphatic rings. The number of hydrogen-bond acceptors (Lipinski definition) is 4. The topological polar surface area (TPSA) is 60.8 Å². The Kier molecular flexibility index (Phi) is 3.76. The molecule has 6 heteroatoms. The fourth-order valence-electron chi connectivity index (χ4n) is 2.01. The molecular formula is C11H14BNO3S. The number of rotatable bonds is 3. The number of carbonyl (C=O) groups excluding carboxylic acids is 1. The number of nitrogens with zero attached hydrogens (tertiary/aromatic N) is 1. The number of thiol groups is 1. The van der Waals surface area contributed by atoms with Crippen LogP contribution in [0.25, 0.3) is 0 Å². The van der Waals surface area contributed by atoms with Crippen LogP contribution >= 0.6 is 12.6 Å². The standard InChI is InChI=1S/C11H14BNO3S/c14-11-4-8(7-17)6-13(11)10-3-1-2-9(5-10)12(15)16/h1-3,5,8,15-17H,4,6-7H2. The molecule has 0 spiro atoms. The van der Waals surface area contributed by atoms with Crippen molar-refractivity contribution in [3.05, 3.63) is 24.3 Å². The number of amides is 1. The van der Waals surface area contributed by atoms with Crippen LogP contribution in [-0.2, 0) is 4.79 Å². The lowest BCUT2D eigenvalue weighted by atomic mass is 9.80. The van der Waals surface area contributed by atoms with Gasteiger partial charge in [0.05, 0.1) is 0 Å². The van der Waals surface area contributed by atoms with E-state index in [2.05, 4.69) is 12.6 Å². The summed E-state index contributed by atoms with van der Waals surface area (Å²) in [4.78, 5) is 13.5. The Morgan fingerprint density at radius 3 is 2.82 bits per heavy atom. The Hall–Kier alpha value is -0.975. The monoisotopic (exact) mass is 251 g/mol. The molecule has 0 bridgehead atoms. The van der Waals surface area contributed by atoms with Gasteiger partial charge in [-0.2, -0.15) is 12.6 Å². The van der Waals surface area contributed by atoms with E-state index in [-0.39, 0.29) is 11.8 Å². The Bertz CT molecular complexity index is 427. The van der Waals surface area contributed by atoms with E-state index in [1.165, 1.54) is 0 Å². The molecule has 1 atom stereocenters. The van der Waals surface area contributed by atoms with Crippen LogP contribution in [0.5, 0.6) is 0 Å². The van der Waals surface area contributed by atoms with E-state index in [0.717, 1.165) is 0 Å². The van der Waals surface area contributed by atoms with E-state index in [0.29, 0.717) is 29.9 Å². The largest absolute Gasteiger partial charge is 0.488 e. The van der Waals surface area contributed by atoms with E-state index in [1.54, 1.807) is 29.2 Å². The summed E-state index contributed by atoms with van der Waals surface area (Å²) < 4.78 is 0. The first-order valence-electron chi connectivity index (χ1n) is 5.49. The Morgan fingerprint density at radius 2 is 2.24 bits per heavy atom. The van der Waals surface area contributed by atoms with Crippen molar-refractivity contribution in [1.82, 2.24) is 0 Å². The van der Waals surface area contributed by atoms with Crippen LogP contribution in [-0.4, -0.2) is 35.4 Å². The molecule has 2 N–H and O–H groups in total. The summed E-state index contributed by atoms with van der Waals surface area (Å²) in [6.45, 7) is 0.646. The molecule has 1 heterocycles. The second-order valence-electron chi connectivity index (χ2n) is 4.23. The quantitative estimate of drug-likeness (QED) is 0.508. The summed E-state index contributed by atoms with van der Waals surface area (Å²) in [6.07, 6.45) is 0.509. The van der Waals surface area contributed by atoms with Crippen LogP contribution < -0.4 is 10.4 Å². The van der Waals surface area contributed by atoms with Crippen molar-refractivity contribution in [2.75, 3.05) is 17.2 Å². The molecule has 0 aliphatic carbocycles. The van der Waals surface area contributed by atoms with Gasteiger partial charge in [0.2, 0.25) is 5.91 Å². The summed E-state index contributed by atoms with van der Waals surface area (Å²) in [5.74, 6) is 1.02. The van der Waals surface area contributed by atoms with Gasteiger partial charge in [-0.3, -0.25) is 4.79 Å². The van der Waals surface area contributed by atoms with E-state index < -0.39 is 7.12 Å². The molecule has 1 amide bonds. The highest BCUT2D eigenvalue weighted by Crippen LogP contribution is 2.24. The number of hydrogen-bond donors (Lipinski definition) is 3. The molecule has 2 rings (SSSR count). The van der Waals surface area contributed by atoms with Gasteiger partial charge in [-0.05, 0) is 29.3 Å². The van der Waals surface area contributed by atoms with Crippen LogP contribution in [0.1, 0.15) is 6.42 Å². The van der Waals surface area contributed by atoms with Gasteiger partial charge in [0.15, 0.2) is 0 Å². The highest BCUT2D eigenvalue weighted by Gasteiger charge is 2.29. The lowest BCUT2D eigenvalue weighted by molar-refractivity contribution is -0.117. The molecule has 0 saturated carbocycles. The van der Waals surface area contributed by atoms with Gasteiger partial charge in [-0.15, -0.1) is 0 Å². The summed E-state index contributed by atoms with van der Waals surface area (Å²) >= 11 is 4.20. The fourth-order valence-corrected chi connectivity index (χ4v) is 2.25. The van der Waals surface area contributed by atoms with E-state index >= 15 is 0 Å². The smallest absolute Gasteiger partial charge is 0.423 e. The fraction of sp³-hybridized carbons (Fsp3) is 0.364. The van der Waals surface area contributed by atoms with Crippen LogP contribution in [0.2, 0.25) is 0 Å². The predicted molar refractivity (Wildman–Crippen MR) is 70.6 cm³/mol. The summed E-state index contributed by atoms with van der Waals surface area (Å²) in [5.41, 5.74) is 1.11. The average molecular weight is 251 g/mol. The molecule has 0 aromatic heterocycles. The molecule has 0 radical (unpaired) electrons. The highest BCUT2D eigenvalue weighted by atomic mass is 32.1. The van der Waals surface area contributed by atoms with Gasteiger partial charge < -0.3 is 14.9 Å². The van der Waals surface area contributed by atoms with Crippen LogP contribution in [0.3, 0.4) is 0 Å². The van der Waals surface area contributed by atoms with Crippen molar-refractivity contribution < 1.29 is 14.8 Å². The first-order valence-corrected chi connectivity index (χ1v) is 6.12. The van der Waals surface area contributed by atoms with Crippen molar-refractivity contribution in [1.29, 1.82) is 0 Å². The first-order chi connectivity index (χ1) is 8.11. The molecule has 1 aliphatic heterocycles. The molecule has 90 valence electrons. The first kappa shape index (κ1) is 12.5. The summed E-state index contributed by atoms with van der Waals surface area (Å²) in [5, 5.41) is 18.2. The lowest BCUT2D eigenvalue weighted by Gasteiger charge is -2.17. The zero-order valence-corrected chi connectivity index (χ0v) is 10.2. The van der Waals surface area contributed by atoms with E-state index in [4.69, 9.17) is 10.0 Å². The molecule has 4 nitrogen and oxygen atoms in total. The Labute approximate surface area is 106 Å². The van der Waals surface area contributed by atoms with Gasteiger partial charge in [-0.1, -0.05) is 12.1 Å². The Morgan fingerprint density at radius 1 is 1.47 bits per heavy atom. The minimum atomic E-state index is -1.51. The van der Waals surface area contributed by atoms with Crippen molar-refractivity contribution in [3.8, 4) is 0 Å². The van der Waals surface area contributed by atoms with Gasteiger partial charge in [0, 0.05) is 18.7 Å². The SMILES string of the molecule is O=C1CC(CS)CN1c1cccc(B(O)O)c1.